The number of hydrogen-bond donors (Lipinski definition) is 2. The maximum atomic E-state index is 13.3. The maximum Gasteiger partial charge on any atom is 0.333 e. The minimum absolute atomic E-state index is 0.177. The molecule has 0 radical (unpaired) electrons. The number of aromatic nitrogens is 3. The first kappa shape index (κ1) is 24.5. The summed E-state index contributed by atoms with van der Waals surface area (Å²) in [6, 6.07) is 6.30. The lowest BCUT2D eigenvalue weighted by molar-refractivity contribution is 0.489. The molecule has 35 heavy (non-hydrogen) atoms. The van der Waals surface area contributed by atoms with Crippen LogP contribution < -0.4 is 16.7 Å². The van der Waals surface area contributed by atoms with Crippen LogP contribution in [0.1, 0.15) is 52.5 Å². The van der Waals surface area contributed by atoms with Crippen molar-refractivity contribution in [3.05, 3.63) is 63.5 Å². The molecule has 1 aliphatic heterocycles. The van der Waals surface area contributed by atoms with E-state index in [2.05, 4.69) is 54.3 Å². The average molecular weight is 473 g/mol. The summed E-state index contributed by atoms with van der Waals surface area (Å²) in [5.74, 6) is 0.682. The first-order chi connectivity index (χ1) is 16.8. The van der Waals surface area contributed by atoms with Gasteiger partial charge in [-0.05, 0) is 55.0 Å². The fraction of sp³-hybridized carbons (Fsp3) is 0.393. The van der Waals surface area contributed by atoms with E-state index in [1.807, 2.05) is 6.07 Å². The number of aryl methyl sites for hydroxylation is 1. The van der Waals surface area contributed by atoms with E-state index in [1.165, 1.54) is 29.7 Å². The number of allylic oxidation sites excluding steroid dienone is 5. The Labute approximate surface area is 206 Å². The molecule has 0 amide bonds. The van der Waals surface area contributed by atoms with Crippen LogP contribution in [0, 0.1) is 5.92 Å². The molecule has 0 aliphatic carbocycles. The van der Waals surface area contributed by atoms with Crippen LogP contribution in [0.15, 0.2) is 57.2 Å². The zero-order valence-electron chi connectivity index (χ0n) is 21.6. The summed E-state index contributed by atoms with van der Waals surface area (Å²) < 4.78 is 3.27. The molecule has 0 saturated carbocycles. The second-order valence-corrected chi connectivity index (χ2v) is 9.42. The molecule has 1 aliphatic rings. The summed E-state index contributed by atoms with van der Waals surface area (Å²) in [6.07, 6.45) is 9.17. The third kappa shape index (κ3) is 4.43. The number of nitrogens with zero attached hydrogens (tertiary/aromatic N) is 4. The number of nitrogens with one attached hydrogen (secondary N) is 1. The number of imidazole rings is 1. The third-order valence-corrected chi connectivity index (χ3v) is 7.19. The number of aliphatic imine (C=N–C) groups is 1. The van der Waals surface area contributed by atoms with Crippen LogP contribution in [0.2, 0.25) is 0 Å². The molecule has 0 atom stereocenters. The fourth-order valence-corrected chi connectivity index (χ4v) is 4.88. The van der Waals surface area contributed by atoms with E-state index < -0.39 is 0 Å². The molecular weight excluding hydrogens is 436 g/mol. The third-order valence-electron chi connectivity index (χ3n) is 7.19. The minimum atomic E-state index is -0.177. The van der Waals surface area contributed by atoms with E-state index in [0.717, 1.165) is 40.5 Å². The molecule has 2 aromatic heterocycles. The van der Waals surface area contributed by atoms with Gasteiger partial charge in [0, 0.05) is 43.6 Å². The molecule has 3 aromatic rings. The van der Waals surface area contributed by atoms with Crippen LogP contribution >= 0.6 is 0 Å². The molecule has 7 heteroatoms. The summed E-state index contributed by atoms with van der Waals surface area (Å²) in [4.78, 5) is 22.1. The quantitative estimate of drug-likeness (QED) is 0.482. The summed E-state index contributed by atoms with van der Waals surface area (Å²) >= 11 is 0. The van der Waals surface area contributed by atoms with E-state index in [4.69, 9.17) is 5.73 Å². The Hall–Kier alpha value is -3.61. The maximum absolute atomic E-state index is 13.3. The molecule has 184 valence electrons. The van der Waals surface area contributed by atoms with Crippen molar-refractivity contribution in [2.45, 2.75) is 47.0 Å². The Bertz CT molecular complexity index is 1460. The summed E-state index contributed by atoms with van der Waals surface area (Å²) in [7, 11) is 3.44. The highest BCUT2D eigenvalue weighted by molar-refractivity contribution is 6.11. The van der Waals surface area contributed by atoms with Crippen LogP contribution in [0.25, 0.3) is 33.2 Å². The van der Waals surface area contributed by atoms with Gasteiger partial charge in [-0.15, -0.1) is 0 Å². The van der Waals surface area contributed by atoms with Crippen molar-refractivity contribution in [3.8, 4) is 0 Å². The van der Waals surface area contributed by atoms with Gasteiger partial charge in [0.25, 0.3) is 0 Å². The Morgan fingerprint density at radius 2 is 2.06 bits per heavy atom. The lowest BCUT2D eigenvalue weighted by atomic mass is 9.89. The number of benzene rings is 1. The average Bonchev–Trinajstić information content (AvgIpc) is 3.11. The second-order valence-electron chi connectivity index (χ2n) is 9.42. The van der Waals surface area contributed by atoms with Crippen LogP contribution in [0.5, 0.6) is 0 Å². The van der Waals surface area contributed by atoms with Gasteiger partial charge in [0.1, 0.15) is 0 Å². The number of dihydropyridines is 1. The van der Waals surface area contributed by atoms with Crippen molar-refractivity contribution in [2.75, 3.05) is 13.6 Å². The van der Waals surface area contributed by atoms with Gasteiger partial charge in [0.05, 0.1) is 28.4 Å². The van der Waals surface area contributed by atoms with Gasteiger partial charge in [0.2, 0.25) is 0 Å². The molecule has 0 fully saturated rings. The Morgan fingerprint density at radius 3 is 2.71 bits per heavy atom. The SMILES string of the molecule is CCC(CC)CC1=C(C)NCC(c2ccc3ncc4c(c3c2)n(C(C=NC)=C(C)N)c(=O)n4C)=C1. The number of fused-ring (bicyclic) bond motifs is 3. The van der Waals surface area contributed by atoms with Gasteiger partial charge in [0.15, 0.2) is 0 Å². The Balaban J connectivity index is 1.94. The fourth-order valence-electron chi connectivity index (χ4n) is 4.88. The topological polar surface area (TPSA) is 90.2 Å². The van der Waals surface area contributed by atoms with Crippen molar-refractivity contribution in [3.63, 3.8) is 0 Å². The molecule has 4 rings (SSSR count). The smallest absolute Gasteiger partial charge is 0.333 e. The number of hydrogen-bond acceptors (Lipinski definition) is 5. The first-order valence-corrected chi connectivity index (χ1v) is 12.3. The normalized spacial score (nSPS) is 15.3. The van der Waals surface area contributed by atoms with Gasteiger partial charge < -0.3 is 11.1 Å². The van der Waals surface area contributed by atoms with Crippen LogP contribution in [-0.2, 0) is 7.05 Å². The summed E-state index contributed by atoms with van der Waals surface area (Å²) in [5.41, 5.74) is 14.5. The zero-order valence-corrected chi connectivity index (χ0v) is 21.6. The molecule has 0 saturated heterocycles. The number of pyridine rings is 1. The highest BCUT2D eigenvalue weighted by Gasteiger charge is 2.20. The Morgan fingerprint density at radius 1 is 1.31 bits per heavy atom. The molecule has 3 N–H and O–H groups in total. The van der Waals surface area contributed by atoms with Gasteiger partial charge >= 0.3 is 5.69 Å². The van der Waals surface area contributed by atoms with E-state index in [-0.39, 0.29) is 5.69 Å². The van der Waals surface area contributed by atoms with E-state index in [9.17, 15) is 4.79 Å². The monoisotopic (exact) mass is 472 g/mol. The van der Waals surface area contributed by atoms with Crippen molar-refractivity contribution < 1.29 is 0 Å². The molecule has 0 unspecified atom stereocenters. The van der Waals surface area contributed by atoms with Crippen molar-refractivity contribution in [2.24, 2.45) is 23.7 Å². The highest BCUT2D eigenvalue weighted by Crippen LogP contribution is 2.31. The van der Waals surface area contributed by atoms with E-state index >= 15 is 0 Å². The number of nitrogens with two attached hydrogens (primary N) is 1. The molecule has 1 aromatic carbocycles. The van der Waals surface area contributed by atoms with E-state index in [1.54, 1.807) is 42.6 Å². The lowest BCUT2D eigenvalue weighted by Gasteiger charge is -2.23. The summed E-state index contributed by atoms with van der Waals surface area (Å²) in [5, 5.41) is 4.50. The van der Waals surface area contributed by atoms with Crippen LogP contribution in [0.4, 0.5) is 0 Å². The molecule has 0 spiro atoms. The minimum Gasteiger partial charge on any atom is -0.401 e. The van der Waals surface area contributed by atoms with Gasteiger partial charge in [-0.25, -0.2) is 4.79 Å². The van der Waals surface area contributed by atoms with E-state index in [0.29, 0.717) is 17.3 Å². The van der Waals surface area contributed by atoms with Crippen LogP contribution in [-0.4, -0.2) is 33.9 Å². The predicted octanol–water partition coefficient (Wildman–Crippen LogP) is 4.82. The van der Waals surface area contributed by atoms with Crippen molar-refractivity contribution >= 4 is 39.4 Å². The van der Waals surface area contributed by atoms with Crippen molar-refractivity contribution in [1.82, 2.24) is 19.4 Å². The summed E-state index contributed by atoms with van der Waals surface area (Å²) in [6.45, 7) is 9.25. The van der Waals surface area contributed by atoms with Crippen LogP contribution in [0.3, 0.4) is 0 Å². The molecule has 0 bridgehead atoms. The van der Waals surface area contributed by atoms with Gasteiger partial charge in [-0.3, -0.25) is 19.1 Å². The number of rotatable bonds is 7. The largest absolute Gasteiger partial charge is 0.401 e. The van der Waals surface area contributed by atoms with Gasteiger partial charge in [-0.1, -0.05) is 38.8 Å². The zero-order chi connectivity index (χ0) is 25.3. The first-order valence-electron chi connectivity index (χ1n) is 12.3. The molecule has 3 heterocycles. The lowest BCUT2D eigenvalue weighted by Crippen LogP contribution is -2.24. The predicted molar refractivity (Wildman–Crippen MR) is 147 cm³/mol. The van der Waals surface area contributed by atoms with Crippen molar-refractivity contribution in [1.29, 1.82) is 0 Å². The molecule has 7 nitrogen and oxygen atoms in total. The molecular formula is C28H36N6O. The second kappa shape index (κ2) is 9.94. The Kier molecular flexibility index (Phi) is 6.96. The highest BCUT2D eigenvalue weighted by atomic mass is 16.1. The standard InChI is InChI=1S/C28H36N6O/c1-7-19(8-2)11-21-12-22(14-31-18(21)4)20-9-10-24-23(13-20)27-26(16-32-24)33(6)28(35)34(27)25(15-30-5)17(3)29/h9-10,12-13,15-16,19,31H,7-8,11,14,29H2,1-6H3. The van der Waals surface area contributed by atoms with Gasteiger partial charge in [-0.2, -0.15) is 0 Å².